The summed E-state index contributed by atoms with van der Waals surface area (Å²) in [5.74, 6) is -0.601. The van der Waals surface area contributed by atoms with Gasteiger partial charge in [-0.2, -0.15) is 4.37 Å². The van der Waals surface area contributed by atoms with E-state index < -0.39 is 27.2 Å². The number of nitrogens with zero attached hydrogens (tertiary/aromatic N) is 3. The lowest BCUT2D eigenvalue weighted by Gasteiger charge is -2.01. The Morgan fingerprint density at radius 2 is 2.00 bits per heavy atom. The second kappa shape index (κ2) is 6.15. The Bertz CT molecular complexity index is 790. The molecule has 0 N–H and O–H groups in total. The first-order valence-electron chi connectivity index (χ1n) is 5.58. The van der Waals surface area contributed by atoms with Gasteiger partial charge in [0.1, 0.15) is 4.47 Å². The monoisotopic (exact) mass is 387 g/mol. The van der Waals surface area contributed by atoms with Crippen molar-refractivity contribution in [3.8, 4) is 16.3 Å². The number of esters is 1. The lowest BCUT2D eigenvalue weighted by molar-refractivity contribution is -0.393. The van der Waals surface area contributed by atoms with Crippen LogP contribution in [0.4, 0.5) is 11.4 Å². The Balaban J connectivity index is 2.57. The van der Waals surface area contributed by atoms with Gasteiger partial charge in [0, 0.05) is 13.0 Å². The van der Waals surface area contributed by atoms with Crippen molar-refractivity contribution in [3.05, 3.63) is 42.9 Å². The Morgan fingerprint density at radius 3 is 2.55 bits per heavy atom. The predicted octanol–water partition coefficient (Wildman–Crippen LogP) is 3.31. The van der Waals surface area contributed by atoms with Gasteiger partial charge in [-0.05, 0) is 33.5 Å². The molecule has 1 aromatic carbocycles. The maximum absolute atomic E-state index is 11.1. The third-order valence-corrected chi connectivity index (χ3v) is 4.34. The zero-order valence-corrected chi connectivity index (χ0v) is 13.2. The van der Waals surface area contributed by atoms with E-state index in [1.54, 1.807) is 0 Å². The highest BCUT2D eigenvalue weighted by Crippen LogP contribution is 2.43. The topological polar surface area (TPSA) is 125 Å². The first-order chi connectivity index (χ1) is 10.3. The van der Waals surface area contributed by atoms with E-state index in [0.717, 1.165) is 23.7 Å². The van der Waals surface area contributed by atoms with Crippen molar-refractivity contribution in [2.24, 2.45) is 0 Å². The largest absolute Gasteiger partial charge is 0.405 e. The number of ether oxygens (including phenoxy) is 1. The van der Waals surface area contributed by atoms with E-state index in [2.05, 4.69) is 20.3 Å². The summed E-state index contributed by atoms with van der Waals surface area (Å²) in [6, 6.07) is 3.28. The van der Waals surface area contributed by atoms with Crippen LogP contribution in [0, 0.1) is 20.2 Å². The molecule has 0 aliphatic carbocycles. The second-order valence-electron chi connectivity index (χ2n) is 3.94. The molecule has 0 unspecified atom stereocenters. The van der Waals surface area contributed by atoms with Crippen molar-refractivity contribution in [2.75, 3.05) is 0 Å². The number of rotatable bonds is 4. The van der Waals surface area contributed by atoms with Crippen LogP contribution in [0.5, 0.6) is 5.88 Å². The lowest BCUT2D eigenvalue weighted by Crippen LogP contribution is -2.01. The molecule has 114 valence electrons. The van der Waals surface area contributed by atoms with Crippen molar-refractivity contribution < 1.29 is 19.4 Å². The van der Waals surface area contributed by atoms with Crippen LogP contribution >= 0.6 is 27.5 Å². The van der Waals surface area contributed by atoms with E-state index in [-0.39, 0.29) is 15.9 Å². The van der Waals surface area contributed by atoms with Gasteiger partial charge in [-0.15, -0.1) is 0 Å². The van der Waals surface area contributed by atoms with Crippen LogP contribution < -0.4 is 4.74 Å². The minimum Gasteiger partial charge on any atom is -0.405 e. The van der Waals surface area contributed by atoms with Gasteiger partial charge in [0.15, 0.2) is 0 Å². The molecular formula is C11H6BrN3O6S. The van der Waals surface area contributed by atoms with E-state index in [4.69, 9.17) is 4.74 Å². The maximum atomic E-state index is 11.1. The van der Waals surface area contributed by atoms with Crippen LogP contribution in [0.1, 0.15) is 6.92 Å². The third-order valence-electron chi connectivity index (χ3n) is 2.48. The highest BCUT2D eigenvalue weighted by molar-refractivity contribution is 9.10. The molecule has 1 aromatic heterocycles. The number of nitro benzene ring substituents is 2. The second-order valence-corrected chi connectivity index (χ2v) is 5.51. The van der Waals surface area contributed by atoms with Crippen LogP contribution in [0.25, 0.3) is 10.4 Å². The summed E-state index contributed by atoms with van der Waals surface area (Å²) in [5, 5.41) is 21.9. The van der Waals surface area contributed by atoms with Crippen molar-refractivity contribution in [1.82, 2.24) is 4.37 Å². The molecule has 22 heavy (non-hydrogen) atoms. The lowest BCUT2D eigenvalue weighted by atomic mass is 10.1. The van der Waals surface area contributed by atoms with Gasteiger partial charge in [-0.3, -0.25) is 25.0 Å². The molecule has 11 heteroatoms. The number of carbonyl (C=O) groups excluding carboxylic acids is 1. The van der Waals surface area contributed by atoms with Gasteiger partial charge in [-0.1, -0.05) is 0 Å². The van der Waals surface area contributed by atoms with E-state index in [9.17, 15) is 25.0 Å². The molecule has 0 amide bonds. The zero-order chi connectivity index (χ0) is 16.4. The third kappa shape index (κ3) is 3.09. The van der Waals surface area contributed by atoms with Gasteiger partial charge >= 0.3 is 5.97 Å². The summed E-state index contributed by atoms with van der Waals surface area (Å²) >= 11 is 4.03. The smallest absolute Gasteiger partial charge is 0.309 e. The summed E-state index contributed by atoms with van der Waals surface area (Å²) in [5.41, 5.74) is -0.692. The zero-order valence-electron chi connectivity index (χ0n) is 10.8. The SMILES string of the molecule is CC(=O)Oc1nsc(-c2ccc([N+](=O)[O-])cc2[N+](=O)[O-])c1Br. The quantitative estimate of drug-likeness (QED) is 0.447. The van der Waals surface area contributed by atoms with Crippen LogP contribution in [0.2, 0.25) is 0 Å². The summed E-state index contributed by atoms with van der Waals surface area (Å²) in [7, 11) is 0. The first-order valence-corrected chi connectivity index (χ1v) is 7.14. The summed E-state index contributed by atoms with van der Waals surface area (Å²) < 4.78 is 9.00. The molecule has 0 fully saturated rings. The average Bonchev–Trinajstić information content (AvgIpc) is 2.78. The number of hydrogen-bond donors (Lipinski definition) is 0. The Kier molecular flexibility index (Phi) is 4.47. The fraction of sp³-hybridized carbons (Fsp3) is 0.0909. The first kappa shape index (κ1) is 16.0. The maximum Gasteiger partial charge on any atom is 0.309 e. The van der Waals surface area contributed by atoms with E-state index >= 15 is 0 Å². The standard InChI is InChI=1S/C11H6BrN3O6S/c1-5(16)21-11-9(12)10(22-13-11)7-3-2-6(14(17)18)4-8(7)15(19)20/h2-4H,1H3. The number of nitro groups is 2. The van der Waals surface area contributed by atoms with E-state index in [1.165, 1.54) is 13.0 Å². The number of non-ortho nitro benzene ring substituents is 1. The minimum atomic E-state index is -0.722. The molecular weight excluding hydrogens is 382 g/mol. The van der Waals surface area contributed by atoms with Crippen molar-refractivity contribution in [2.45, 2.75) is 6.92 Å². The van der Waals surface area contributed by atoms with E-state index in [1.807, 2.05) is 0 Å². The van der Waals surface area contributed by atoms with Crippen LogP contribution in [-0.2, 0) is 4.79 Å². The fourth-order valence-corrected chi connectivity index (χ4v) is 3.07. The van der Waals surface area contributed by atoms with Gasteiger partial charge in [0.2, 0.25) is 5.88 Å². The van der Waals surface area contributed by atoms with Crippen LogP contribution in [-0.4, -0.2) is 20.2 Å². The molecule has 0 aliphatic heterocycles. The number of hydrogen-bond acceptors (Lipinski definition) is 8. The molecule has 0 spiro atoms. The molecule has 0 aliphatic rings. The molecule has 9 nitrogen and oxygen atoms in total. The molecule has 2 rings (SSSR count). The van der Waals surface area contributed by atoms with Crippen molar-refractivity contribution in [1.29, 1.82) is 0 Å². The number of carbonyl (C=O) groups is 1. The van der Waals surface area contributed by atoms with E-state index in [0.29, 0.717) is 4.88 Å². The van der Waals surface area contributed by atoms with Gasteiger partial charge in [0.25, 0.3) is 11.4 Å². The Labute approximate surface area is 135 Å². The van der Waals surface area contributed by atoms with Crippen molar-refractivity contribution >= 4 is 44.8 Å². The highest BCUT2D eigenvalue weighted by Gasteiger charge is 2.25. The average molecular weight is 388 g/mol. The van der Waals surface area contributed by atoms with Crippen LogP contribution in [0.15, 0.2) is 22.7 Å². The predicted molar refractivity (Wildman–Crippen MR) is 79.9 cm³/mol. The van der Waals surface area contributed by atoms with Gasteiger partial charge < -0.3 is 4.74 Å². The van der Waals surface area contributed by atoms with Crippen molar-refractivity contribution in [3.63, 3.8) is 0 Å². The molecule has 0 bridgehead atoms. The molecule has 0 atom stereocenters. The van der Waals surface area contributed by atoms with Gasteiger partial charge in [-0.25, -0.2) is 0 Å². The normalized spacial score (nSPS) is 10.3. The molecule has 0 radical (unpaired) electrons. The Morgan fingerprint density at radius 1 is 1.32 bits per heavy atom. The van der Waals surface area contributed by atoms with Gasteiger partial charge in [0.05, 0.1) is 26.4 Å². The highest BCUT2D eigenvalue weighted by atomic mass is 79.9. The number of aromatic nitrogens is 1. The fourth-order valence-electron chi connectivity index (χ4n) is 1.61. The summed E-state index contributed by atoms with van der Waals surface area (Å²) in [6.07, 6.45) is 0. The number of benzene rings is 1. The molecule has 1 heterocycles. The minimum absolute atomic E-state index is 0.0137. The summed E-state index contributed by atoms with van der Waals surface area (Å²) in [4.78, 5) is 31.7. The Hall–Kier alpha value is -2.40. The number of halogens is 1. The van der Waals surface area contributed by atoms with Crippen LogP contribution in [0.3, 0.4) is 0 Å². The molecule has 0 saturated heterocycles. The molecule has 2 aromatic rings. The molecule has 0 saturated carbocycles. The summed E-state index contributed by atoms with van der Waals surface area (Å²) in [6.45, 7) is 1.19.